The molecule has 0 N–H and O–H groups in total. The third-order valence-corrected chi connectivity index (χ3v) is 3.79. The van der Waals surface area contributed by atoms with Crippen molar-refractivity contribution in [2.45, 2.75) is 26.4 Å². The molecule has 1 aromatic carbocycles. The van der Waals surface area contributed by atoms with Gasteiger partial charge in [0.05, 0.1) is 13.2 Å². The zero-order valence-corrected chi connectivity index (χ0v) is 14.4. The molecule has 1 amide bonds. The minimum Gasteiger partial charge on any atom is -0.383 e. The van der Waals surface area contributed by atoms with Gasteiger partial charge in [-0.05, 0) is 23.6 Å². The SMILES string of the molecule is CCc1ccc(CN(C)C(=O)c2ccc(=O)n(CCOC)n2)cc1. The molecule has 0 aliphatic heterocycles. The van der Waals surface area contributed by atoms with Crippen molar-refractivity contribution >= 4 is 5.91 Å². The highest BCUT2D eigenvalue weighted by molar-refractivity contribution is 5.91. The minimum atomic E-state index is -0.249. The summed E-state index contributed by atoms with van der Waals surface area (Å²) >= 11 is 0. The maximum atomic E-state index is 12.5. The van der Waals surface area contributed by atoms with Crippen molar-refractivity contribution in [2.24, 2.45) is 0 Å². The lowest BCUT2D eigenvalue weighted by Crippen LogP contribution is -2.31. The van der Waals surface area contributed by atoms with E-state index >= 15 is 0 Å². The highest BCUT2D eigenvalue weighted by atomic mass is 16.5. The van der Waals surface area contributed by atoms with Gasteiger partial charge in [-0.1, -0.05) is 31.2 Å². The van der Waals surface area contributed by atoms with Crippen LogP contribution < -0.4 is 5.56 Å². The molecule has 0 saturated heterocycles. The van der Waals surface area contributed by atoms with E-state index in [2.05, 4.69) is 24.2 Å². The molecule has 128 valence electrons. The zero-order chi connectivity index (χ0) is 17.5. The van der Waals surface area contributed by atoms with Crippen LogP contribution in [0.5, 0.6) is 0 Å². The van der Waals surface area contributed by atoms with Crippen LogP contribution in [0.1, 0.15) is 28.5 Å². The zero-order valence-electron chi connectivity index (χ0n) is 14.4. The van der Waals surface area contributed by atoms with Crippen LogP contribution in [-0.2, 0) is 24.2 Å². The number of carbonyl (C=O) groups excluding carboxylic acids is 1. The molecular formula is C18H23N3O3. The van der Waals surface area contributed by atoms with Gasteiger partial charge in [0.15, 0.2) is 0 Å². The van der Waals surface area contributed by atoms with Crippen LogP contribution in [0.4, 0.5) is 0 Å². The number of nitrogens with zero attached hydrogens (tertiary/aromatic N) is 3. The molecule has 0 bridgehead atoms. The van der Waals surface area contributed by atoms with Gasteiger partial charge in [-0.15, -0.1) is 0 Å². The van der Waals surface area contributed by atoms with E-state index in [4.69, 9.17) is 4.74 Å². The van der Waals surface area contributed by atoms with Gasteiger partial charge in [0.2, 0.25) is 0 Å². The molecule has 2 aromatic rings. The van der Waals surface area contributed by atoms with E-state index in [9.17, 15) is 9.59 Å². The lowest BCUT2D eigenvalue weighted by molar-refractivity contribution is 0.0775. The van der Waals surface area contributed by atoms with E-state index in [1.807, 2.05) is 12.1 Å². The van der Waals surface area contributed by atoms with Crippen LogP contribution in [0, 0.1) is 0 Å². The van der Waals surface area contributed by atoms with E-state index in [1.54, 1.807) is 19.1 Å². The first-order valence-corrected chi connectivity index (χ1v) is 7.95. The second kappa shape index (κ2) is 8.40. The van der Waals surface area contributed by atoms with Crippen LogP contribution in [0.3, 0.4) is 0 Å². The maximum absolute atomic E-state index is 12.5. The largest absolute Gasteiger partial charge is 0.383 e. The topological polar surface area (TPSA) is 64.4 Å². The van der Waals surface area contributed by atoms with E-state index in [-0.39, 0.29) is 17.2 Å². The summed E-state index contributed by atoms with van der Waals surface area (Å²) in [6.45, 7) is 3.28. The number of methoxy groups -OCH3 is 1. The molecule has 1 heterocycles. The lowest BCUT2D eigenvalue weighted by atomic mass is 10.1. The Morgan fingerprint density at radius 2 is 1.83 bits per heavy atom. The Balaban J connectivity index is 2.10. The van der Waals surface area contributed by atoms with Crippen LogP contribution in [0.2, 0.25) is 0 Å². The summed E-state index contributed by atoms with van der Waals surface area (Å²) in [5.41, 5.74) is 2.31. The van der Waals surface area contributed by atoms with Gasteiger partial charge >= 0.3 is 0 Å². The summed E-state index contributed by atoms with van der Waals surface area (Å²) in [4.78, 5) is 25.9. The predicted molar refractivity (Wildman–Crippen MR) is 92.0 cm³/mol. The number of benzene rings is 1. The lowest BCUT2D eigenvalue weighted by Gasteiger charge is -2.17. The molecule has 0 aliphatic rings. The average Bonchev–Trinajstić information content (AvgIpc) is 2.61. The molecular weight excluding hydrogens is 306 g/mol. The van der Waals surface area contributed by atoms with Crippen molar-refractivity contribution in [1.82, 2.24) is 14.7 Å². The van der Waals surface area contributed by atoms with Crippen molar-refractivity contribution in [1.29, 1.82) is 0 Å². The fourth-order valence-electron chi connectivity index (χ4n) is 2.32. The number of carbonyl (C=O) groups is 1. The van der Waals surface area contributed by atoms with Gasteiger partial charge in [-0.2, -0.15) is 5.10 Å². The number of aromatic nitrogens is 2. The Morgan fingerprint density at radius 3 is 2.46 bits per heavy atom. The molecule has 6 heteroatoms. The number of rotatable bonds is 7. The molecule has 0 spiro atoms. The molecule has 0 unspecified atom stereocenters. The van der Waals surface area contributed by atoms with Crippen molar-refractivity contribution in [3.8, 4) is 0 Å². The van der Waals surface area contributed by atoms with Gasteiger partial charge < -0.3 is 9.64 Å². The maximum Gasteiger partial charge on any atom is 0.274 e. The molecule has 0 aliphatic carbocycles. The first-order valence-electron chi connectivity index (χ1n) is 7.95. The van der Waals surface area contributed by atoms with E-state index in [1.165, 1.54) is 22.4 Å². The van der Waals surface area contributed by atoms with Gasteiger partial charge in [0, 0.05) is 26.8 Å². The van der Waals surface area contributed by atoms with Crippen LogP contribution >= 0.6 is 0 Å². The monoisotopic (exact) mass is 329 g/mol. The quantitative estimate of drug-likeness (QED) is 0.776. The van der Waals surface area contributed by atoms with Crippen LogP contribution in [0.15, 0.2) is 41.2 Å². The summed E-state index contributed by atoms with van der Waals surface area (Å²) in [6, 6.07) is 11.0. The summed E-state index contributed by atoms with van der Waals surface area (Å²) in [5.74, 6) is -0.222. The molecule has 0 fully saturated rings. The van der Waals surface area contributed by atoms with Crippen molar-refractivity contribution < 1.29 is 9.53 Å². The van der Waals surface area contributed by atoms with Gasteiger partial charge in [-0.25, -0.2) is 4.68 Å². The van der Waals surface area contributed by atoms with Crippen molar-refractivity contribution in [3.63, 3.8) is 0 Å². The molecule has 24 heavy (non-hydrogen) atoms. The molecule has 1 aromatic heterocycles. The smallest absolute Gasteiger partial charge is 0.274 e. The summed E-state index contributed by atoms with van der Waals surface area (Å²) in [7, 11) is 3.28. The van der Waals surface area contributed by atoms with Gasteiger partial charge in [-0.3, -0.25) is 9.59 Å². The number of amides is 1. The second-order valence-corrected chi connectivity index (χ2v) is 5.60. The Morgan fingerprint density at radius 1 is 1.17 bits per heavy atom. The first-order chi connectivity index (χ1) is 11.5. The van der Waals surface area contributed by atoms with Crippen molar-refractivity contribution in [2.75, 3.05) is 20.8 Å². The molecule has 0 atom stereocenters. The molecule has 0 saturated carbocycles. The van der Waals surface area contributed by atoms with Gasteiger partial charge in [0.1, 0.15) is 5.69 Å². The minimum absolute atomic E-state index is 0.222. The normalized spacial score (nSPS) is 10.6. The molecule has 2 rings (SSSR count). The van der Waals surface area contributed by atoms with Crippen LogP contribution in [-0.4, -0.2) is 41.4 Å². The third kappa shape index (κ3) is 4.52. The molecule has 6 nitrogen and oxygen atoms in total. The summed E-state index contributed by atoms with van der Waals surface area (Å²) in [6.07, 6.45) is 0.988. The predicted octanol–water partition coefficient (Wildman–Crippen LogP) is 1.72. The van der Waals surface area contributed by atoms with E-state index < -0.39 is 0 Å². The fourth-order valence-corrected chi connectivity index (χ4v) is 2.32. The average molecular weight is 329 g/mol. The first kappa shape index (κ1) is 17.9. The van der Waals surface area contributed by atoms with E-state index in [0.29, 0.717) is 19.7 Å². The fraction of sp³-hybridized carbons (Fsp3) is 0.389. The summed E-state index contributed by atoms with van der Waals surface area (Å²) < 4.78 is 6.20. The van der Waals surface area contributed by atoms with Gasteiger partial charge in [0.25, 0.3) is 11.5 Å². The summed E-state index contributed by atoms with van der Waals surface area (Å²) in [5, 5.41) is 4.13. The second-order valence-electron chi connectivity index (χ2n) is 5.60. The Bertz CT molecular complexity index is 738. The number of hydrogen-bond donors (Lipinski definition) is 0. The Hall–Kier alpha value is -2.47. The third-order valence-electron chi connectivity index (χ3n) is 3.79. The van der Waals surface area contributed by atoms with Crippen LogP contribution in [0.25, 0.3) is 0 Å². The molecule has 0 radical (unpaired) electrons. The number of aryl methyl sites for hydroxylation is 1. The van der Waals surface area contributed by atoms with E-state index in [0.717, 1.165) is 12.0 Å². The highest BCUT2D eigenvalue weighted by Crippen LogP contribution is 2.09. The number of hydrogen-bond acceptors (Lipinski definition) is 4. The van der Waals surface area contributed by atoms with Crippen molar-refractivity contribution in [3.05, 3.63) is 63.6 Å². The Labute approximate surface area is 141 Å². The standard InChI is InChI=1S/C18H23N3O3/c1-4-14-5-7-15(8-6-14)13-20(2)18(23)16-9-10-17(22)21(19-16)11-12-24-3/h5-10H,4,11-13H2,1-3H3. The Kier molecular flexibility index (Phi) is 6.26. The number of ether oxygens (including phenoxy) is 1. The highest BCUT2D eigenvalue weighted by Gasteiger charge is 2.15.